The molecule has 0 unspecified atom stereocenters. The van der Waals surface area contributed by atoms with Gasteiger partial charge in [-0.2, -0.15) is 0 Å². The van der Waals surface area contributed by atoms with Crippen molar-refractivity contribution in [2.24, 2.45) is 7.05 Å². The SMILES string of the molecule is CCc1cn(C)c(=S)[nH]c1=O. The molecule has 1 rings (SSSR count). The Morgan fingerprint density at radius 1 is 1.73 bits per heavy atom. The highest BCUT2D eigenvalue weighted by Gasteiger charge is 1.96. The lowest BCUT2D eigenvalue weighted by Gasteiger charge is -1.99. The molecule has 0 aliphatic carbocycles. The van der Waals surface area contributed by atoms with E-state index in [1.807, 2.05) is 14.0 Å². The zero-order valence-electron chi connectivity index (χ0n) is 6.55. The van der Waals surface area contributed by atoms with E-state index in [0.717, 1.165) is 12.0 Å². The molecule has 4 heteroatoms. The number of aromatic amines is 1. The zero-order chi connectivity index (χ0) is 8.43. The molecular weight excluding hydrogens is 160 g/mol. The molecule has 0 aliphatic rings. The molecule has 0 bridgehead atoms. The van der Waals surface area contributed by atoms with Gasteiger partial charge in [0, 0.05) is 18.8 Å². The Labute approximate surface area is 69.7 Å². The first-order chi connectivity index (χ1) is 5.15. The first-order valence-electron chi connectivity index (χ1n) is 3.44. The van der Waals surface area contributed by atoms with Crippen molar-refractivity contribution in [3.63, 3.8) is 0 Å². The Kier molecular flexibility index (Phi) is 2.24. The van der Waals surface area contributed by atoms with Crippen molar-refractivity contribution in [2.45, 2.75) is 13.3 Å². The maximum absolute atomic E-state index is 11.1. The average molecular weight is 170 g/mol. The Hall–Kier alpha value is -0.900. The Morgan fingerprint density at radius 3 is 2.91 bits per heavy atom. The molecule has 3 nitrogen and oxygen atoms in total. The van der Waals surface area contributed by atoms with Gasteiger partial charge in [0.1, 0.15) is 0 Å². The lowest BCUT2D eigenvalue weighted by molar-refractivity contribution is 0.807. The number of nitrogens with one attached hydrogen (secondary N) is 1. The van der Waals surface area contributed by atoms with Gasteiger partial charge in [0.25, 0.3) is 5.56 Å². The minimum Gasteiger partial charge on any atom is -0.328 e. The van der Waals surface area contributed by atoms with Gasteiger partial charge in [-0.25, -0.2) is 0 Å². The van der Waals surface area contributed by atoms with Crippen LogP contribution in [0.4, 0.5) is 0 Å². The van der Waals surface area contributed by atoms with Gasteiger partial charge in [0.15, 0.2) is 4.77 Å². The monoisotopic (exact) mass is 170 g/mol. The minimum atomic E-state index is -0.0735. The molecule has 0 saturated heterocycles. The maximum Gasteiger partial charge on any atom is 0.254 e. The summed E-state index contributed by atoms with van der Waals surface area (Å²) in [7, 11) is 1.82. The lowest BCUT2D eigenvalue weighted by atomic mass is 10.3. The van der Waals surface area contributed by atoms with Crippen molar-refractivity contribution < 1.29 is 0 Å². The van der Waals surface area contributed by atoms with Crippen molar-refractivity contribution in [1.82, 2.24) is 9.55 Å². The van der Waals surface area contributed by atoms with Gasteiger partial charge in [0.2, 0.25) is 0 Å². The minimum absolute atomic E-state index is 0.0735. The maximum atomic E-state index is 11.1. The summed E-state index contributed by atoms with van der Waals surface area (Å²) < 4.78 is 2.20. The van der Waals surface area contributed by atoms with Crippen LogP contribution in [0.3, 0.4) is 0 Å². The van der Waals surface area contributed by atoms with Crippen molar-refractivity contribution >= 4 is 12.2 Å². The molecule has 11 heavy (non-hydrogen) atoms. The lowest BCUT2D eigenvalue weighted by Crippen LogP contribution is -2.15. The fraction of sp³-hybridized carbons (Fsp3) is 0.429. The molecule has 0 amide bonds. The van der Waals surface area contributed by atoms with E-state index in [4.69, 9.17) is 12.2 Å². The number of rotatable bonds is 1. The van der Waals surface area contributed by atoms with Gasteiger partial charge >= 0.3 is 0 Å². The Morgan fingerprint density at radius 2 is 2.36 bits per heavy atom. The average Bonchev–Trinajstić information content (AvgIpc) is 1.97. The van der Waals surface area contributed by atoms with Gasteiger partial charge < -0.3 is 4.57 Å². The Bertz CT molecular complexity index is 363. The second kappa shape index (κ2) is 3.00. The van der Waals surface area contributed by atoms with Crippen LogP contribution in [0.2, 0.25) is 0 Å². The van der Waals surface area contributed by atoms with E-state index in [1.54, 1.807) is 10.8 Å². The van der Waals surface area contributed by atoms with Gasteiger partial charge in [-0.1, -0.05) is 6.92 Å². The number of H-pyrrole nitrogens is 1. The van der Waals surface area contributed by atoms with Gasteiger partial charge in [-0.15, -0.1) is 0 Å². The molecule has 1 aromatic heterocycles. The molecule has 0 atom stereocenters. The third kappa shape index (κ3) is 1.57. The van der Waals surface area contributed by atoms with Crippen LogP contribution in [0, 0.1) is 4.77 Å². The zero-order valence-corrected chi connectivity index (χ0v) is 7.36. The number of hydrogen-bond donors (Lipinski definition) is 1. The summed E-state index contributed by atoms with van der Waals surface area (Å²) >= 11 is 4.86. The van der Waals surface area contributed by atoms with Crippen LogP contribution >= 0.6 is 12.2 Å². The van der Waals surface area contributed by atoms with Crippen LogP contribution in [-0.2, 0) is 13.5 Å². The van der Waals surface area contributed by atoms with Crippen molar-refractivity contribution in [3.05, 3.63) is 26.9 Å². The molecule has 0 aromatic carbocycles. The highest BCUT2D eigenvalue weighted by atomic mass is 32.1. The topological polar surface area (TPSA) is 37.8 Å². The summed E-state index contributed by atoms with van der Waals surface area (Å²) in [6.45, 7) is 1.94. The van der Waals surface area contributed by atoms with E-state index in [9.17, 15) is 4.79 Å². The second-order valence-corrected chi connectivity index (χ2v) is 2.76. The number of hydrogen-bond acceptors (Lipinski definition) is 2. The van der Waals surface area contributed by atoms with Gasteiger partial charge in [-0.3, -0.25) is 9.78 Å². The first-order valence-corrected chi connectivity index (χ1v) is 3.84. The molecule has 0 fully saturated rings. The predicted octanol–water partition coefficient (Wildman–Crippen LogP) is 1.01. The van der Waals surface area contributed by atoms with Crippen molar-refractivity contribution in [2.75, 3.05) is 0 Å². The Balaban J connectivity index is 3.45. The molecule has 1 heterocycles. The van der Waals surface area contributed by atoms with Crippen molar-refractivity contribution in [3.8, 4) is 0 Å². The van der Waals surface area contributed by atoms with Gasteiger partial charge in [0.05, 0.1) is 0 Å². The highest BCUT2D eigenvalue weighted by molar-refractivity contribution is 7.71. The summed E-state index contributed by atoms with van der Waals surface area (Å²) in [5.41, 5.74) is 0.691. The van der Waals surface area contributed by atoms with Crippen molar-refractivity contribution in [1.29, 1.82) is 0 Å². The van der Waals surface area contributed by atoms with Crippen LogP contribution < -0.4 is 5.56 Å². The van der Waals surface area contributed by atoms with Crippen LogP contribution in [-0.4, -0.2) is 9.55 Å². The normalized spacial score (nSPS) is 10.0. The second-order valence-electron chi connectivity index (χ2n) is 2.38. The third-order valence-electron chi connectivity index (χ3n) is 1.56. The molecule has 0 spiro atoms. The number of nitrogens with zero attached hydrogens (tertiary/aromatic N) is 1. The third-order valence-corrected chi connectivity index (χ3v) is 1.95. The fourth-order valence-electron chi connectivity index (χ4n) is 0.868. The van der Waals surface area contributed by atoms with E-state index < -0.39 is 0 Å². The van der Waals surface area contributed by atoms with Crippen LogP contribution in [0.1, 0.15) is 12.5 Å². The fourth-order valence-corrected chi connectivity index (χ4v) is 1.01. The van der Waals surface area contributed by atoms with E-state index in [-0.39, 0.29) is 5.56 Å². The largest absolute Gasteiger partial charge is 0.328 e. The van der Waals surface area contributed by atoms with E-state index in [2.05, 4.69) is 4.98 Å². The summed E-state index contributed by atoms with van der Waals surface area (Å²) in [5.74, 6) is 0. The summed E-state index contributed by atoms with van der Waals surface area (Å²) in [5, 5.41) is 0. The highest BCUT2D eigenvalue weighted by Crippen LogP contribution is 1.90. The van der Waals surface area contributed by atoms with Crippen LogP contribution in [0.25, 0.3) is 0 Å². The molecule has 0 saturated carbocycles. The van der Waals surface area contributed by atoms with Gasteiger partial charge in [-0.05, 0) is 18.6 Å². The number of aromatic nitrogens is 2. The van der Waals surface area contributed by atoms with Crippen LogP contribution in [0.15, 0.2) is 11.0 Å². The molecular formula is C7H10N2OS. The predicted molar refractivity (Wildman–Crippen MR) is 46.2 cm³/mol. The molecule has 0 radical (unpaired) electrons. The summed E-state index contributed by atoms with van der Waals surface area (Å²) in [6, 6.07) is 0. The standard InChI is InChI=1S/C7H10N2OS/c1-3-5-4-9(2)7(11)8-6(5)10/h4H,3H2,1-2H3,(H,8,10,11). The van der Waals surface area contributed by atoms with Crippen LogP contribution in [0.5, 0.6) is 0 Å². The van der Waals surface area contributed by atoms with E-state index in [0.29, 0.717) is 4.77 Å². The molecule has 0 aliphatic heterocycles. The van der Waals surface area contributed by atoms with E-state index >= 15 is 0 Å². The molecule has 1 aromatic rings. The van der Waals surface area contributed by atoms with E-state index in [1.165, 1.54) is 0 Å². The molecule has 1 N–H and O–H groups in total. The smallest absolute Gasteiger partial charge is 0.254 e. The summed E-state index contributed by atoms with van der Waals surface area (Å²) in [4.78, 5) is 13.7. The first kappa shape index (κ1) is 8.20. The quantitative estimate of drug-likeness (QED) is 0.639. The molecule has 60 valence electrons. The summed E-state index contributed by atoms with van der Waals surface area (Å²) in [6.07, 6.45) is 2.50. The number of aryl methyl sites for hydroxylation is 2.